The average Bonchev–Trinajstić information content (AvgIpc) is 3.02. The summed E-state index contributed by atoms with van der Waals surface area (Å²) in [4.78, 5) is 44.7. The van der Waals surface area contributed by atoms with Gasteiger partial charge in [0.05, 0.1) is 39.6 Å². The molecule has 9 nitrogen and oxygen atoms in total. The molecule has 228 valence electrons. The number of nitrogens with zero attached hydrogens (tertiary/aromatic N) is 2. The Labute approximate surface area is 248 Å². The Morgan fingerprint density at radius 1 is 1.12 bits per heavy atom. The third-order valence-corrected chi connectivity index (χ3v) is 9.12. The minimum atomic E-state index is -1.20. The molecule has 3 aliphatic heterocycles. The number of piperidine rings is 1. The van der Waals surface area contributed by atoms with Crippen molar-refractivity contribution in [3.8, 4) is 0 Å². The van der Waals surface area contributed by atoms with E-state index in [2.05, 4.69) is 6.08 Å². The van der Waals surface area contributed by atoms with Crippen LogP contribution in [0.1, 0.15) is 57.4 Å². The molecule has 0 aromatic heterocycles. The average molecular weight is 581 g/mol. The lowest BCUT2D eigenvalue weighted by molar-refractivity contribution is -0.178. The van der Waals surface area contributed by atoms with Crippen LogP contribution in [0.15, 0.2) is 53.8 Å². The summed E-state index contributed by atoms with van der Waals surface area (Å²) in [5.74, 6) is -1.30. The fourth-order valence-corrected chi connectivity index (χ4v) is 6.79. The maximum absolute atomic E-state index is 14.2. The van der Waals surface area contributed by atoms with Crippen molar-refractivity contribution in [2.75, 3.05) is 46.6 Å². The number of allylic oxidation sites excluding steroid dienone is 1. The number of likely N-dealkylation sites (tertiary alicyclic amines) is 1. The first-order chi connectivity index (χ1) is 20.4. The van der Waals surface area contributed by atoms with Crippen LogP contribution in [0.4, 0.5) is 0 Å². The van der Waals surface area contributed by atoms with E-state index >= 15 is 0 Å². The van der Waals surface area contributed by atoms with Crippen molar-refractivity contribution in [1.29, 1.82) is 0 Å². The SMILES string of the molecule is COC(=O)[C@@]12C[C@H](CC(=O)N3CCOCC3)C(=O)N(CCC3=CCCCC3)C1=C[C@@H](COCc1ccccc1)O[C@H]2C. The van der Waals surface area contributed by atoms with Gasteiger partial charge in [-0.05, 0) is 57.1 Å². The van der Waals surface area contributed by atoms with Crippen molar-refractivity contribution in [3.05, 3.63) is 59.3 Å². The number of esters is 1. The number of carbonyl (C=O) groups is 3. The van der Waals surface area contributed by atoms with E-state index in [4.69, 9.17) is 18.9 Å². The van der Waals surface area contributed by atoms with Gasteiger partial charge in [-0.3, -0.25) is 14.4 Å². The number of hydrogen-bond donors (Lipinski definition) is 0. The molecule has 4 aliphatic rings. The normalized spacial score (nSPS) is 28.0. The van der Waals surface area contributed by atoms with Crippen molar-refractivity contribution < 1.29 is 33.3 Å². The number of ether oxygens (including phenoxy) is 4. The number of carbonyl (C=O) groups excluding carboxylic acids is 3. The third kappa shape index (κ3) is 6.63. The first kappa shape index (κ1) is 30.4. The van der Waals surface area contributed by atoms with Gasteiger partial charge in [0, 0.05) is 37.7 Å². The highest BCUT2D eigenvalue weighted by Gasteiger charge is 2.59. The lowest BCUT2D eigenvalue weighted by atomic mass is 9.66. The molecular formula is C33H44N2O7. The van der Waals surface area contributed by atoms with Crippen molar-refractivity contribution >= 4 is 17.8 Å². The van der Waals surface area contributed by atoms with Gasteiger partial charge in [0.2, 0.25) is 11.8 Å². The molecule has 42 heavy (non-hydrogen) atoms. The first-order valence-corrected chi connectivity index (χ1v) is 15.3. The molecule has 0 unspecified atom stereocenters. The number of benzene rings is 1. The molecule has 1 aromatic rings. The molecule has 0 spiro atoms. The highest BCUT2D eigenvalue weighted by molar-refractivity contribution is 5.92. The summed E-state index contributed by atoms with van der Waals surface area (Å²) in [5, 5.41) is 0. The number of morpholine rings is 1. The van der Waals surface area contributed by atoms with Crippen LogP contribution in [0.2, 0.25) is 0 Å². The van der Waals surface area contributed by atoms with Crippen LogP contribution in [0.5, 0.6) is 0 Å². The van der Waals surface area contributed by atoms with Gasteiger partial charge < -0.3 is 28.7 Å². The standard InChI is InChI=1S/C33H44N2O7/c1-24-33(32(38)39-2)21-27(19-30(36)34-15-17-40-18-16-34)31(37)35(14-13-25-9-5-3-6-10-25)29(33)20-28(42-24)23-41-22-26-11-7-4-8-12-26/h4,7-9,11-12,20,24,27-28H,3,5-6,10,13-19,21-23H2,1-2H3/t24-,27-,28-,33+/m0/s1. The molecule has 0 radical (unpaired) electrons. The van der Waals surface area contributed by atoms with E-state index in [-0.39, 0.29) is 31.3 Å². The van der Waals surface area contributed by atoms with E-state index in [1.165, 1.54) is 19.1 Å². The topological polar surface area (TPSA) is 94.6 Å². The molecule has 1 aliphatic carbocycles. The number of fused-ring (bicyclic) bond motifs is 1. The molecule has 0 N–H and O–H groups in total. The molecule has 1 aromatic carbocycles. The third-order valence-electron chi connectivity index (χ3n) is 9.12. The zero-order valence-electron chi connectivity index (χ0n) is 24.9. The maximum atomic E-state index is 14.2. The highest BCUT2D eigenvalue weighted by Crippen LogP contribution is 2.50. The summed E-state index contributed by atoms with van der Waals surface area (Å²) in [6.07, 6.45) is 8.51. The van der Waals surface area contributed by atoms with Crippen molar-refractivity contribution in [2.45, 2.75) is 70.7 Å². The van der Waals surface area contributed by atoms with E-state index in [0.29, 0.717) is 45.2 Å². The van der Waals surface area contributed by atoms with Crippen LogP contribution < -0.4 is 0 Å². The monoisotopic (exact) mass is 580 g/mol. The molecule has 4 atom stereocenters. The minimum Gasteiger partial charge on any atom is -0.468 e. The van der Waals surface area contributed by atoms with Crippen LogP contribution in [0, 0.1) is 11.3 Å². The molecule has 3 heterocycles. The second kappa shape index (κ2) is 14.0. The summed E-state index contributed by atoms with van der Waals surface area (Å²) in [6.45, 7) is 5.03. The summed E-state index contributed by atoms with van der Waals surface area (Å²) in [6, 6.07) is 9.91. The quantitative estimate of drug-likeness (QED) is 0.305. The van der Waals surface area contributed by atoms with Crippen LogP contribution in [-0.4, -0.2) is 86.4 Å². The van der Waals surface area contributed by atoms with Gasteiger partial charge in [-0.25, -0.2) is 0 Å². The second-order valence-electron chi connectivity index (χ2n) is 11.8. The second-order valence-corrected chi connectivity index (χ2v) is 11.8. The molecule has 5 rings (SSSR count). The Bertz CT molecular complexity index is 1180. The van der Waals surface area contributed by atoms with Gasteiger partial charge in [-0.2, -0.15) is 0 Å². The van der Waals surface area contributed by atoms with Crippen molar-refractivity contribution in [1.82, 2.24) is 9.80 Å². The molecule has 9 heteroatoms. The van der Waals surface area contributed by atoms with Crippen LogP contribution in [0.25, 0.3) is 0 Å². The number of rotatable bonds is 10. The molecular weight excluding hydrogens is 536 g/mol. The van der Waals surface area contributed by atoms with Gasteiger partial charge in [-0.15, -0.1) is 0 Å². The van der Waals surface area contributed by atoms with E-state index in [9.17, 15) is 14.4 Å². The van der Waals surface area contributed by atoms with Crippen LogP contribution in [0.3, 0.4) is 0 Å². The molecule has 2 saturated heterocycles. The largest absolute Gasteiger partial charge is 0.468 e. The Morgan fingerprint density at radius 2 is 1.90 bits per heavy atom. The van der Waals surface area contributed by atoms with Gasteiger partial charge in [0.1, 0.15) is 11.5 Å². The van der Waals surface area contributed by atoms with E-state index in [1.54, 1.807) is 9.80 Å². The summed E-state index contributed by atoms with van der Waals surface area (Å²) in [5.41, 5.74) is 1.82. The lowest BCUT2D eigenvalue weighted by Gasteiger charge is -2.51. The van der Waals surface area contributed by atoms with Crippen molar-refractivity contribution in [2.24, 2.45) is 11.3 Å². The number of hydrogen-bond acceptors (Lipinski definition) is 7. The van der Waals surface area contributed by atoms with Gasteiger partial charge in [-0.1, -0.05) is 42.0 Å². The van der Waals surface area contributed by atoms with Gasteiger partial charge in [0.15, 0.2) is 0 Å². The summed E-state index contributed by atoms with van der Waals surface area (Å²) >= 11 is 0. The molecule has 2 fully saturated rings. The predicted octanol–water partition coefficient (Wildman–Crippen LogP) is 4.02. The fourth-order valence-electron chi connectivity index (χ4n) is 6.79. The predicted molar refractivity (Wildman–Crippen MR) is 156 cm³/mol. The van der Waals surface area contributed by atoms with Crippen LogP contribution in [-0.2, 0) is 39.9 Å². The highest BCUT2D eigenvalue weighted by atomic mass is 16.6. The molecule has 0 saturated carbocycles. The van der Waals surface area contributed by atoms with E-state index < -0.39 is 29.5 Å². The van der Waals surface area contributed by atoms with Gasteiger partial charge >= 0.3 is 5.97 Å². The summed E-state index contributed by atoms with van der Waals surface area (Å²) < 4.78 is 23.2. The first-order valence-electron chi connectivity index (χ1n) is 15.3. The number of amides is 2. The van der Waals surface area contributed by atoms with Gasteiger partial charge in [0.25, 0.3) is 0 Å². The minimum absolute atomic E-state index is 0.0421. The Balaban J connectivity index is 1.42. The molecule has 2 amide bonds. The zero-order valence-corrected chi connectivity index (χ0v) is 24.9. The van der Waals surface area contributed by atoms with Crippen molar-refractivity contribution in [3.63, 3.8) is 0 Å². The zero-order chi connectivity index (χ0) is 29.5. The van der Waals surface area contributed by atoms with E-state index in [1.807, 2.05) is 43.3 Å². The smallest absolute Gasteiger partial charge is 0.320 e. The Morgan fingerprint density at radius 3 is 2.62 bits per heavy atom. The Hall–Kier alpha value is -3.01. The fraction of sp³-hybridized carbons (Fsp3) is 0.606. The van der Waals surface area contributed by atoms with Crippen LogP contribution >= 0.6 is 0 Å². The van der Waals surface area contributed by atoms with E-state index in [0.717, 1.165) is 31.2 Å². The maximum Gasteiger partial charge on any atom is 0.320 e. The molecule has 0 bridgehead atoms. The lowest BCUT2D eigenvalue weighted by Crippen LogP contribution is -2.60. The Kier molecular flexibility index (Phi) is 10.1. The summed E-state index contributed by atoms with van der Waals surface area (Å²) in [7, 11) is 1.37. The number of methoxy groups -OCH3 is 1.